The summed E-state index contributed by atoms with van der Waals surface area (Å²) < 4.78 is 4.82. The topological polar surface area (TPSA) is 67.4 Å². The molecule has 0 aliphatic carbocycles. The van der Waals surface area contributed by atoms with Crippen molar-refractivity contribution in [3.8, 4) is 0 Å². The number of methoxy groups -OCH3 is 1. The van der Waals surface area contributed by atoms with E-state index < -0.39 is 11.6 Å². The van der Waals surface area contributed by atoms with Crippen molar-refractivity contribution in [2.45, 2.75) is 64.5 Å². The zero-order chi connectivity index (χ0) is 15.2. The molecule has 0 radical (unpaired) electrons. The highest BCUT2D eigenvalue weighted by atomic mass is 16.5. The summed E-state index contributed by atoms with van der Waals surface area (Å²) in [5.74, 6) is -0.364. The summed E-state index contributed by atoms with van der Waals surface area (Å²) in [6, 6.07) is -0.561. The van der Waals surface area contributed by atoms with Gasteiger partial charge in [0.25, 0.3) is 0 Å². The Morgan fingerprint density at radius 2 is 2.10 bits per heavy atom. The van der Waals surface area contributed by atoms with E-state index in [0.717, 1.165) is 38.6 Å². The van der Waals surface area contributed by atoms with Crippen LogP contribution in [-0.2, 0) is 14.3 Å². The van der Waals surface area contributed by atoms with Crippen LogP contribution in [-0.4, -0.2) is 37.1 Å². The van der Waals surface area contributed by atoms with Crippen LogP contribution in [0.1, 0.15) is 52.9 Å². The van der Waals surface area contributed by atoms with E-state index in [2.05, 4.69) is 17.6 Å². The fourth-order valence-corrected chi connectivity index (χ4v) is 2.83. The lowest BCUT2D eigenvalue weighted by atomic mass is 9.89. The maximum absolute atomic E-state index is 12.6. The van der Waals surface area contributed by atoms with Gasteiger partial charge in [-0.15, -0.1) is 0 Å². The predicted octanol–water partition coefficient (Wildman–Crippen LogP) is 1.61. The molecule has 3 atom stereocenters. The van der Waals surface area contributed by atoms with Crippen molar-refractivity contribution in [3.63, 3.8) is 0 Å². The molecule has 1 heterocycles. The number of carbonyl (C=O) groups is 2. The van der Waals surface area contributed by atoms with Gasteiger partial charge in [-0.1, -0.05) is 33.6 Å². The van der Waals surface area contributed by atoms with Crippen LogP contribution in [0.15, 0.2) is 0 Å². The van der Waals surface area contributed by atoms with E-state index in [1.54, 1.807) is 0 Å². The van der Waals surface area contributed by atoms with Crippen LogP contribution < -0.4 is 10.6 Å². The predicted molar refractivity (Wildman–Crippen MR) is 78.3 cm³/mol. The molecule has 1 aliphatic rings. The van der Waals surface area contributed by atoms with Gasteiger partial charge in [-0.25, -0.2) is 4.79 Å². The largest absolute Gasteiger partial charge is 0.467 e. The van der Waals surface area contributed by atoms with Crippen LogP contribution in [0, 0.1) is 5.92 Å². The Hall–Kier alpha value is -1.10. The maximum Gasteiger partial charge on any atom is 0.328 e. The highest BCUT2D eigenvalue weighted by Crippen LogP contribution is 2.25. The highest BCUT2D eigenvalue weighted by Gasteiger charge is 2.42. The van der Waals surface area contributed by atoms with Gasteiger partial charge in [0.2, 0.25) is 5.91 Å². The van der Waals surface area contributed by atoms with Crippen LogP contribution in [0.4, 0.5) is 0 Å². The van der Waals surface area contributed by atoms with E-state index in [1.807, 2.05) is 13.8 Å². The third-order valence-electron chi connectivity index (χ3n) is 4.31. The minimum atomic E-state index is -0.561. The van der Waals surface area contributed by atoms with E-state index >= 15 is 0 Å². The number of nitrogens with one attached hydrogen (secondary N) is 2. The Morgan fingerprint density at radius 1 is 1.40 bits per heavy atom. The van der Waals surface area contributed by atoms with Crippen LogP contribution in [0.25, 0.3) is 0 Å². The number of carbonyl (C=O) groups excluding carboxylic acids is 2. The third kappa shape index (κ3) is 3.72. The summed E-state index contributed by atoms with van der Waals surface area (Å²) in [7, 11) is 1.36. The van der Waals surface area contributed by atoms with Gasteiger partial charge in [0, 0.05) is 0 Å². The van der Waals surface area contributed by atoms with Gasteiger partial charge in [0.05, 0.1) is 12.6 Å². The van der Waals surface area contributed by atoms with Crippen molar-refractivity contribution in [3.05, 3.63) is 0 Å². The lowest BCUT2D eigenvalue weighted by molar-refractivity contribution is -0.147. The van der Waals surface area contributed by atoms with Crippen molar-refractivity contribution < 1.29 is 14.3 Å². The smallest absolute Gasteiger partial charge is 0.328 e. The summed E-state index contributed by atoms with van der Waals surface area (Å²) in [6.45, 7) is 6.89. The van der Waals surface area contributed by atoms with Crippen LogP contribution in [0.5, 0.6) is 0 Å². The van der Waals surface area contributed by atoms with Crippen molar-refractivity contribution in [2.75, 3.05) is 13.7 Å². The van der Waals surface area contributed by atoms with Gasteiger partial charge >= 0.3 is 5.97 Å². The molecule has 3 unspecified atom stereocenters. The molecule has 1 fully saturated rings. The molecule has 0 spiro atoms. The molecule has 0 aromatic rings. The first-order valence-corrected chi connectivity index (χ1v) is 7.64. The van der Waals surface area contributed by atoms with Crippen LogP contribution in [0.2, 0.25) is 0 Å². The van der Waals surface area contributed by atoms with E-state index in [0.29, 0.717) is 0 Å². The fraction of sp³-hybridized carbons (Fsp3) is 0.867. The van der Waals surface area contributed by atoms with E-state index in [-0.39, 0.29) is 17.8 Å². The number of rotatable bonds is 7. The average Bonchev–Trinajstić information content (AvgIpc) is 2.93. The van der Waals surface area contributed by atoms with Crippen LogP contribution in [0.3, 0.4) is 0 Å². The molecule has 1 rings (SSSR count). The second kappa shape index (κ2) is 7.62. The first-order valence-electron chi connectivity index (χ1n) is 7.64. The van der Waals surface area contributed by atoms with Crippen molar-refractivity contribution in [1.82, 2.24) is 10.6 Å². The molecule has 0 bridgehead atoms. The Morgan fingerprint density at radius 3 is 2.55 bits per heavy atom. The fourth-order valence-electron chi connectivity index (χ4n) is 2.83. The molecule has 5 nitrogen and oxygen atoms in total. The summed E-state index contributed by atoms with van der Waals surface area (Å²) in [6.07, 6.45) is 4.38. The van der Waals surface area contributed by atoms with Crippen molar-refractivity contribution in [1.29, 1.82) is 0 Å². The van der Waals surface area contributed by atoms with Gasteiger partial charge < -0.3 is 15.4 Å². The summed E-state index contributed by atoms with van der Waals surface area (Å²) in [5.41, 5.74) is -0.505. The van der Waals surface area contributed by atoms with Gasteiger partial charge in [0.15, 0.2) is 0 Å². The number of amides is 1. The number of hydrogen-bond donors (Lipinski definition) is 2. The lowest BCUT2D eigenvalue weighted by Gasteiger charge is -2.31. The van der Waals surface area contributed by atoms with Crippen LogP contribution >= 0.6 is 0 Å². The molecule has 1 amide bonds. The van der Waals surface area contributed by atoms with E-state index in [1.165, 1.54) is 7.11 Å². The number of ether oxygens (including phenoxy) is 1. The normalized spacial score (nSPS) is 25.0. The Kier molecular flexibility index (Phi) is 6.46. The molecule has 116 valence electrons. The third-order valence-corrected chi connectivity index (χ3v) is 4.31. The molecule has 2 N–H and O–H groups in total. The lowest BCUT2D eigenvalue weighted by Crippen LogP contribution is -2.58. The molecule has 0 saturated carbocycles. The Labute approximate surface area is 121 Å². The SMILES string of the molecule is CCCC1(C(=O)NC(C(=O)OC)C(C)CC)CCCN1. The maximum atomic E-state index is 12.6. The first kappa shape index (κ1) is 17.0. The standard InChI is InChI=1S/C15H28N2O3/c1-5-8-15(9-7-10-16-15)14(19)17-12(11(3)6-2)13(18)20-4/h11-12,16H,5-10H2,1-4H3,(H,17,19). The van der Waals surface area contributed by atoms with Gasteiger partial charge in [-0.05, 0) is 31.7 Å². The number of hydrogen-bond acceptors (Lipinski definition) is 4. The highest BCUT2D eigenvalue weighted by molar-refractivity contribution is 5.91. The van der Waals surface area contributed by atoms with Gasteiger partial charge in [0.1, 0.15) is 6.04 Å². The zero-order valence-corrected chi connectivity index (χ0v) is 13.1. The Balaban J connectivity index is 2.80. The molecule has 0 aromatic heterocycles. The molecular formula is C15H28N2O3. The van der Waals surface area contributed by atoms with Crippen molar-refractivity contribution in [2.24, 2.45) is 5.92 Å². The minimum Gasteiger partial charge on any atom is -0.467 e. The second-order valence-corrected chi connectivity index (χ2v) is 5.72. The molecule has 5 heteroatoms. The van der Waals surface area contributed by atoms with E-state index in [4.69, 9.17) is 4.74 Å². The Bertz CT molecular complexity index is 338. The van der Waals surface area contributed by atoms with Gasteiger partial charge in [-0.3, -0.25) is 4.79 Å². The molecule has 1 aliphatic heterocycles. The van der Waals surface area contributed by atoms with Crippen molar-refractivity contribution >= 4 is 11.9 Å². The quantitative estimate of drug-likeness (QED) is 0.697. The van der Waals surface area contributed by atoms with E-state index in [9.17, 15) is 9.59 Å². The van der Waals surface area contributed by atoms with Gasteiger partial charge in [-0.2, -0.15) is 0 Å². The minimum absolute atomic E-state index is 0.0616. The summed E-state index contributed by atoms with van der Waals surface area (Å²) in [5, 5.41) is 6.24. The molecular weight excluding hydrogens is 256 g/mol. The molecule has 20 heavy (non-hydrogen) atoms. The first-order chi connectivity index (χ1) is 9.50. The second-order valence-electron chi connectivity index (χ2n) is 5.72. The monoisotopic (exact) mass is 284 g/mol. The summed E-state index contributed by atoms with van der Waals surface area (Å²) in [4.78, 5) is 24.5. The average molecular weight is 284 g/mol. The zero-order valence-electron chi connectivity index (χ0n) is 13.1. The molecule has 0 aromatic carbocycles. The molecule has 1 saturated heterocycles. The number of esters is 1. The summed E-state index contributed by atoms with van der Waals surface area (Å²) >= 11 is 0.